The van der Waals surface area contributed by atoms with Crippen LogP contribution >= 0.6 is 0 Å². The van der Waals surface area contributed by atoms with Crippen LogP contribution in [0.25, 0.3) is 0 Å². The van der Waals surface area contributed by atoms with Gasteiger partial charge in [-0.1, -0.05) is 18.2 Å². The summed E-state index contributed by atoms with van der Waals surface area (Å²) in [5, 5.41) is 22.6. The van der Waals surface area contributed by atoms with E-state index in [0.29, 0.717) is 12.2 Å². The summed E-state index contributed by atoms with van der Waals surface area (Å²) in [7, 11) is 1.73. The topological polar surface area (TPSA) is 67.1 Å². The first-order valence-corrected chi connectivity index (χ1v) is 6.90. The van der Waals surface area contributed by atoms with Crippen molar-refractivity contribution in [2.75, 3.05) is 18.0 Å². The molecule has 1 aromatic carbocycles. The number of hydrogen-bond donors (Lipinski definition) is 1. The molecule has 0 unspecified atom stereocenters. The smallest absolute Gasteiger partial charge is 0.177 e. The van der Waals surface area contributed by atoms with Crippen LogP contribution in [0.4, 0.5) is 5.69 Å². The number of para-hydroxylation sites is 1. The number of benzene rings is 1. The van der Waals surface area contributed by atoms with Gasteiger partial charge >= 0.3 is 0 Å². The molecule has 6 heteroatoms. The molecule has 0 bridgehead atoms. The number of anilines is 1. The second-order valence-corrected chi connectivity index (χ2v) is 5.42. The summed E-state index contributed by atoms with van der Waals surface area (Å²) in [5.74, 6) is 0.614. The average molecular weight is 273 g/mol. The second-order valence-electron chi connectivity index (χ2n) is 5.42. The molecule has 2 aromatic rings. The lowest BCUT2D eigenvalue weighted by atomic mass is 9.88. The summed E-state index contributed by atoms with van der Waals surface area (Å²) in [5.41, 5.74) is 0.501. The van der Waals surface area contributed by atoms with Crippen molar-refractivity contribution in [3.8, 4) is 0 Å². The van der Waals surface area contributed by atoms with Crippen molar-refractivity contribution in [2.24, 2.45) is 7.05 Å². The molecule has 0 amide bonds. The Bertz CT molecular complexity index is 560. The van der Waals surface area contributed by atoms with Crippen LogP contribution in [0.3, 0.4) is 0 Å². The van der Waals surface area contributed by atoms with Crippen molar-refractivity contribution >= 4 is 5.69 Å². The predicted molar refractivity (Wildman–Crippen MR) is 75.3 cm³/mol. The van der Waals surface area contributed by atoms with Gasteiger partial charge < -0.3 is 10.0 Å². The Kier molecular flexibility index (Phi) is 3.40. The van der Waals surface area contributed by atoms with Gasteiger partial charge in [0.15, 0.2) is 5.82 Å². The van der Waals surface area contributed by atoms with Crippen molar-refractivity contribution in [1.29, 1.82) is 0 Å². The molecule has 1 aliphatic rings. The van der Waals surface area contributed by atoms with E-state index >= 15 is 0 Å². The first kappa shape index (κ1) is 13.1. The molecule has 3 rings (SSSR count). The van der Waals surface area contributed by atoms with E-state index in [2.05, 4.69) is 32.4 Å². The fourth-order valence-electron chi connectivity index (χ4n) is 2.69. The zero-order chi connectivity index (χ0) is 14.0. The van der Waals surface area contributed by atoms with E-state index in [9.17, 15) is 5.11 Å². The summed E-state index contributed by atoms with van der Waals surface area (Å²) in [6, 6.07) is 10.3. The SMILES string of the molecule is Cn1nnc(CC2(O)CCN(c3ccccc3)CC2)n1. The number of rotatable bonds is 3. The van der Waals surface area contributed by atoms with Crippen LogP contribution in [0, 0.1) is 0 Å². The van der Waals surface area contributed by atoms with Crippen LogP contribution in [0.1, 0.15) is 18.7 Å². The van der Waals surface area contributed by atoms with Crippen molar-refractivity contribution in [1.82, 2.24) is 20.2 Å². The summed E-state index contributed by atoms with van der Waals surface area (Å²) in [6.07, 6.45) is 1.92. The van der Waals surface area contributed by atoms with E-state index in [1.54, 1.807) is 7.05 Å². The Morgan fingerprint density at radius 1 is 1.20 bits per heavy atom. The van der Waals surface area contributed by atoms with E-state index in [4.69, 9.17) is 0 Å². The zero-order valence-electron chi connectivity index (χ0n) is 11.6. The normalized spacial score (nSPS) is 18.2. The van der Waals surface area contributed by atoms with Gasteiger partial charge in [-0.05, 0) is 30.2 Å². The maximum Gasteiger partial charge on any atom is 0.177 e. The molecule has 1 N–H and O–H groups in total. The maximum absolute atomic E-state index is 10.7. The molecule has 106 valence electrons. The third-order valence-corrected chi connectivity index (χ3v) is 3.85. The molecule has 0 radical (unpaired) electrons. The van der Waals surface area contributed by atoms with Gasteiger partial charge in [0.1, 0.15) is 0 Å². The van der Waals surface area contributed by atoms with Crippen molar-refractivity contribution < 1.29 is 5.11 Å². The van der Waals surface area contributed by atoms with Gasteiger partial charge in [0.05, 0.1) is 12.6 Å². The lowest BCUT2D eigenvalue weighted by Gasteiger charge is -2.38. The molecule has 2 heterocycles. The number of aryl methyl sites for hydroxylation is 1. The van der Waals surface area contributed by atoms with E-state index in [0.717, 1.165) is 25.9 Å². The monoisotopic (exact) mass is 273 g/mol. The van der Waals surface area contributed by atoms with Crippen LogP contribution in [0.15, 0.2) is 30.3 Å². The molecule has 0 aliphatic carbocycles. The Morgan fingerprint density at radius 2 is 1.90 bits per heavy atom. The standard InChI is InChI=1S/C14H19N5O/c1-18-16-13(15-17-18)11-14(20)7-9-19(10-8-14)12-5-3-2-4-6-12/h2-6,20H,7-11H2,1H3. The van der Waals surface area contributed by atoms with Gasteiger partial charge in [-0.15, -0.1) is 10.2 Å². The van der Waals surface area contributed by atoms with Crippen LogP contribution < -0.4 is 4.90 Å². The van der Waals surface area contributed by atoms with Crippen LogP contribution in [-0.4, -0.2) is 44.0 Å². The fraction of sp³-hybridized carbons (Fsp3) is 0.500. The summed E-state index contributed by atoms with van der Waals surface area (Å²) in [4.78, 5) is 3.73. The Labute approximate surface area is 118 Å². The molecular weight excluding hydrogens is 254 g/mol. The first-order chi connectivity index (χ1) is 9.65. The molecule has 1 fully saturated rings. The minimum atomic E-state index is -0.714. The lowest BCUT2D eigenvalue weighted by Crippen LogP contribution is -2.46. The van der Waals surface area contributed by atoms with Gasteiger partial charge in [-0.2, -0.15) is 4.80 Å². The van der Waals surface area contributed by atoms with Crippen LogP contribution in [0.5, 0.6) is 0 Å². The van der Waals surface area contributed by atoms with Gasteiger partial charge in [0, 0.05) is 25.2 Å². The molecule has 20 heavy (non-hydrogen) atoms. The summed E-state index contributed by atoms with van der Waals surface area (Å²) < 4.78 is 0. The first-order valence-electron chi connectivity index (χ1n) is 6.90. The van der Waals surface area contributed by atoms with E-state index in [1.165, 1.54) is 10.5 Å². The largest absolute Gasteiger partial charge is 0.389 e. The van der Waals surface area contributed by atoms with E-state index in [1.807, 2.05) is 18.2 Å². The Balaban J connectivity index is 1.62. The van der Waals surface area contributed by atoms with Crippen LogP contribution in [-0.2, 0) is 13.5 Å². The van der Waals surface area contributed by atoms with Gasteiger partial charge in [0.2, 0.25) is 0 Å². The van der Waals surface area contributed by atoms with E-state index in [-0.39, 0.29) is 0 Å². The quantitative estimate of drug-likeness (QED) is 0.895. The third-order valence-electron chi connectivity index (χ3n) is 3.85. The Morgan fingerprint density at radius 3 is 2.50 bits per heavy atom. The molecule has 0 atom stereocenters. The minimum absolute atomic E-state index is 0.476. The Hall–Kier alpha value is -1.95. The number of nitrogens with zero attached hydrogens (tertiary/aromatic N) is 5. The maximum atomic E-state index is 10.7. The molecular formula is C14H19N5O. The summed E-state index contributed by atoms with van der Waals surface area (Å²) >= 11 is 0. The minimum Gasteiger partial charge on any atom is -0.389 e. The predicted octanol–water partition coefficient (Wildman–Crippen LogP) is 0.784. The molecule has 0 saturated carbocycles. The van der Waals surface area contributed by atoms with Crippen molar-refractivity contribution in [3.05, 3.63) is 36.2 Å². The molecule has 1 aromatic heterocycles. The molecule has 0 spiro atoms. The highest BCUT2D eigenvalue weighted by molar-refractivity contribution is 5.46. The van der Waals surface area contributed by atoms with E-state index < -0.39 is 5.60 Å². The fourth-order valence-corrected chi connectivity index (χ4v) is 2.69. The second kappa shape index (κ2) is 5.20. The highest BCUT2D eigenvalue weighted by Crippen LogP contribution is 2.28. The third kappa shape index (κ3) is 2.80. The van der Waals surface area contributed by atoms with Crippen molar-refractivity contribution in [3.63, 3.8) is 0 Å². The average Bonchev–Trinajstić information content (AvgIpc) is 2.85. The number of piperidine rings is 1. The zero-order valence-corrected chi connectivity index (χ0v) is 11.6. The lowest BCUT2D eigenvalue weighted by molar-refractivity contribution is 0.0147. The highest BCUT2D eigenvalue weighted by atomic mass is 16.3. The van der Waals surface area contributed by atoms with Gasteiger partial charge in [-0.3, -0.25) is 0 Å². The van der Waals surface area contributed by atoms with Crippen LogP contribution in [0.2, 0.25) is 0 Å². The molecule has 1 saturated heterocycles. The number of tetrazole rings is 1. The van der Waals surface area contributed by atoms with Gasteiger partial charge in [0.25, 0.3) is 0 Å². The molecule has 6 nitrogen and oxygen atoms in total. The summed E-state index contributed by atoms with van der Waals surface area (Å²) in [6.45, 7) is 1.70. The van der Waals surface area contributed by atoms with Crippen molar-refractivity contribution in [2.45, 2.75) is 24.9 Å². The number of aromatic nitrogens is 4. The number of aliphatic hydroxyl groups is 1. The highest BCUT2D eigenvalue weighted by Gasteiger charge is 2.33. The van der Waals surface area contributed by atoms with Gasteiger partial charge in [-0.25, -0.2) is 0 Å². The number of hydrogen-bond acceptors (Lipinski definition) is 5. The molecule has 1 aliphatic heterocycles.